The number of nitrogens with two attached hydrogens (primary N) is 1. The molecule has 0 aliphatic carbocycles. The highest BCUT2D eigenvalue weighted by Gasteiger charge is 2.15. The Bertz CT molecular complexity index is 664. The Morgan fingerprint density at radius 2 is 1.65 bits per heavy atom. The lowest BCUT2D eigenvalue weighted by atomic mass is 10.1. The van der Waals surface area contributed by atoms with Crippen LogP contribution in [0.2, 0.25) is 0 Å². The maximum Gasteiger partial charge on any atom is 0.257 e. The van der Waals surface area contributed by atoms with E-state index in [1.54, 1.807) is 0 Å². The molecule has 2 aromatic rings. The van der Waals surface area contributed by atoms with Gasteiger partial charge in [0.25, 0.3) is 5.91 Å². The molecule has 0 spiro atoms. The summed E-state index contributed by atoms with van der Waals surface area (Å²) in [5.41, 5.74) is 7.75. The van der Waals surface area contributed by atoms with Crippen LogP contribution in [-0.4, -0.2) is 5.91 Å². The minimum atomic E-state index is -1.11. The van der Waals surface area contributed by atoms with Gasteiger partial charge in [-0.1, -0.05) is 18.2 Å². The molecule has 0 saturated carbocycles. The van der Waals surface area contributed by atoms with Gasteiger partial charge >= 0.3 is 0 Å². The second-order valence-corrected chi connectivity index (χ2v) is 4.57. The molecule has 1 amide bonds. The van der Waals surface area contributed by atoms with Crippen LogP contribution in [0.5, 0.6) is 0 Å². The van der Waals surface area contributed by atoms with E-state index in [0.29, 0.717) is 5.69 Å². The number of carbonyl (C=O) groups is 1. The van der Waals surface area contributed by atoms with Crippen LogP contribution in [-0.2, 0) is 0 Å². The van der Waals surface area contributed by atoms with E-state index < -0.39 is 17.5 Å². The zero-order valence-corrected chi connectivity index (χ0v) is 11.1. The van der Waals surface area contributed by atoms with Crippen molar-refractivity contribution in [3.8, 4) is 0 Å². The lowest BCUT2D eigenvalue weighted by Gasteiger charge is -2.12. The fourth-order valence-electron chi connectivity index (χ4n) is 1.95. The summed E-state index contributed by atoms with van der Waals surface area (Å²) in [5.74, 6) is -2.75. The van der Waals surface area contributed by atoms with Gasteiger partial charge < -0.3 is 11.1 Å². The molecular formula is C15H14F2N2O. The average molecular weight is 276 g/mol. The Kier molecular flexibility index (Phi) is 3.70. The first kappa shape index (κ1) is 14.0. The van der Waals surface area contributed by atoms with Crippen LogP contribution in [0.3, 0.4) is 0 Å². The van der Waals surface area contributed by atoms with E-state index >= 15 is 0 Å². The number of carbonyl (C=O) groups excluding carboxylic acids is 1. The molecule has 0 aromatic heterocycles. The number of halogens is 2. The Hall–Kier alpha value is -2.43. The number of para-hydroxylation sites is 1. The first-order valence-electron chi connectivity index (χ1n) is 6.02. The van der Waals surface area contributed by atoms with E-state index in [1.165, 1.54) is 0 Å². The molecule has 20 heavy (non-hydrogen) atoms. The molecular weight excluding hydrogens is 262 g/mol. The largest absolute Gasteiger partial charge is 0.398 e. The van der Waals surface area contributed by atoms with E-state index in [0.717, 1.165) is 23.3 Å². The summed E-state index contributed by atoms with van der Waals surface area (Å²) in [6, 6.07) is 7.16. The summed E-state index contributed by atoms with van der Waals surface area (Å²) in [5, 5.41) is 2.67. The van der Waals surface area contributed by atoms with Crippen molar-refractivity contribution < 1.29 is 13.6 Å². The Morgan fingerprint density at radius 3 is 2.25 bits per heavy atom. The van der Waals surface area contributed by atoms with Crippen molar-refractivity contribution in [2.75, 3.05) is 11.1 Å². The van der Waals surface area contributed by atoms with Crippen molar-refractivity contribution in [1.82, 2.24) is 0 Å². The quantitative estimate of drug-likeness (QED) is 0.826. The number of nitrogen functional groups attached to an aromatic ring is 1. The van der Waals surface area contributed by atoms with Gasteiger partial charge in [0.2, 0.25) is 0 Å². The third-order valence-electron chi connectivity index (χ3n) is 3.06. The maximum atomic E-state index is 13.2. The standard InChI is InChI=1S/C15H14F2N2O/c1-8-4-3-5-9(2)14(8)19-15(20)10-6-11(16)12(17)7-13(10)18/h3-7H,18H2,1-2H3,(H,19,20). The molecule has 0 aliphatic heterocycles. The fourth-order valence-corrected chi connectivity index (χ4v) is 1.95. The molecule has 0 heterocycles. The summed E-state index contributed by atoms with van der Waals surface area (Å²) in [4.78, 5) is 12.1. The smallest absolute Gasteiger partial charge is 0.257 e. The van der Waals surface area contributed by atoms with Crippen LogP contribution in [0.4, 0.5) is 20.2 Å². The van der Waals surface area contributed by atoms with Crippen molar-refractivity contribution in [1.29, 1.82) is 0 Å². The van der Waals surface area contributed by atoms with E-state index in [2.05, 4.69) is 5.32 Å². The van der Waals surface area contributed by atoms with Gasteiger partial charge in [0, 0.05) is 17.4 Å². The molecule has 3 N–H and O–H groups in total. The van der Waals surface area contributed by atoms with Crippen molar-refractivity contribution in [3.05, 3.63) is 58.7 Å². The number of nitrogens with one attached hydrogen (secondary N) is 1. The molecule has 0 radical (unpaired) electrons. The van der Waals surface area contributed by atoms with Crippen LogP contribution >= 0.6 is 0 Å². The lowest BCUT2D eigenvalue weighted by Crippen LogP contribution is -2.16. The van der Waals surface area contributed by atoms with Gasteiger partial charge in [0.05, 0.1) is 5.56 Å². The number of aryl methyl sites for hydroxylation is 2. The van der Waals surface area contributed by atoms with Crippen molar-refractivity contribution in [3.63, 3.8) is 0 Å². The summed E-state index contributed by atoms with van der Waals surface area (Å²) in [7, 11) is 0. The Labute approximate surface area is 115 Å². The number of rotatable bonds is 2. The first-order chi connectivity index (χ1) is 9.40. The minimum absolute atomic E-state index is 0.0912. The predicted molar refractivity (Wildman–Crippen MR) is 74.6 cm³/mol. The van der Waals surface area contributed by atoms with Crippen molar-refractivity contribution in [2.24, 2.45) is 0 Å². The first-order valence-corrected chi connectivity index (χ1v) is 6.02. The molecule has 0 bridgehead atoms. The van der Waals surface area contributed by atoms with Crippen molar-refractivity contribution in [2.45, 2.75) is 13.8 Å². The number of benzene rings is 2. The highest BCUT2D eigenvalue weighted by atomic mass is 19.2. The van der Waals surface area contributed by atoms with Crippen molar-refractivity contribution >= 4 is 17.3 Å². The number of anilines is 2. The molecule has 3 nitrogen and oxygen atoms in total. The molecule has 2 aromatic carbocycles. The SMILES string of the molecule is Cc1cccc(C)c1NC(=O)c1cc(F)c(F)cc1N. The van der Waals surface area contributed by atoms with Crippen LogP contribution < -0.4 is 11.1 Å². The molecule has 0 aliphatic rings. The summed E-state index contributed by atoms with van der Waals surface area (Å²) in [6.07, 6.45) is 0. The van der Waals surface area contributed by atoms with Crippen LogP contribution in [0, 0.1) is 25.5 Å². The van der Waals surface area contributed by atoms with Gasteiger partial charge in [-0.15, -0.1) is 0 Å². The lowest BCUT2D eigenvalue weighted by molar-refractivity contribution is 0.102. The zero-order valence-electron chi connectivity index (χ0n) is 11.1. The number of amides is 1. The topological polar surface area (TPSA) is 55.1 Å². The van der Waals surface area contributed by atoms with Gasteiger partial charge in [0.15, 0.2) is 11.6 Å². The summed E-state index contributed by atoms with van der Waals surface area (Å²) >= 11 is 0. The number of hydrogen-bond acceptors (Lipinski definition) is 2. The second-order valence-electron chi connectivity index (χ2n) is 4.57. The summed E-state index contributed by atoms with van der Waals surface area (Å²) in [6.45, 7) is 3.69. The van der Waals surface area contributed by atoms with E-state index in [9.17, 15) is 13.6 Å². The molecule has 0 unspecified atom stereocenters. The normalized spacial score (nSPS) is 10.4. The average Bonchev–Trinajstić information content (AvgIpc) is 2.38. The Morgan fingerprint density at radius 1 is 1.10 bits per heavy atom. The van der Waals surface area contributed by atoms with E-state index in [1.807, 2.05) is 32.0 Å². The van der Waals surface area contributed by atoms with Gasteiger partial charge in [-0.05, 0) is 31.0 Å². The number of hydrogen-bond donors (Lipinski definition) is 2. The molecule has 0 fully saturated rings. The highest BCUT2D eigenvalue weighted by Crippen LogP contribution is 2.23. The van der Waals surface area contributed by atoms with E-state index in [4.69, 9.17) is 5.73 Å². The van der Waals surface area contributed by atoms with Gasteiger partial charge in [-0.25, -0.2) is 8.78 Å². The third-order valence-corrected chi connectivity index (χ3v) is 3.06. The van der Waals surface area contributed by atoms with E-state index in [-0.39, 0.29) is 11.3 Å². The molecule has 0 atom stereocenters. The zero-order chi connectivity index (χ0) is 14.9. The second kappa shape index (κ2) is 5.28. The monoisotopic (exact) mass is 276 g/mol. The molecule has 2 rings (SSSR count). The summed E-state index contributed by atoms with van der Waals surface area (Å²) < 4.78 is 26.2. The highest BCUT2D eigenvalue weighted by molar-refractivity contribution is 6.08. The van der Waals surface area contributed by atoms with Gasteiger partial charge in [-0.2, -0.15) is 0 Å². The molecule has 0 saturated heterocycles. The van der Waals surface area contributed by atoms with Gasteiger partial charge in [-0.3, -0.25) is 4.79 Å². The third kappa shape index (κ3) is 2.61. The van der Waals surface area contributed by atoms with Crippen LogP contribution in [0.1, 0.15) is 21.5 Å². The maximum absolute atomic E-state index is 13.2. The minimum Gasteiger partial charge on any atom is -0.398 e. The predicted octanol–water partition coefficient (Wildman–Crippen LogP) is 3.42. The fraction of sp³-hybridized carbons (Fsp3) is 0.133. The Balaban J connectivity index is 2.36. The molecule has 5 heteroatoms. The van der Waals surface area contributed by atoms with Crippen LogP contribution in [0.25, 0.3) is 0 Å². The van der Waals surface area contributed by atoms with Gasteiger partial charge in [0.1, 0.15) is 0 Å². The molecule has 104 valence electrons. The van der Waals surface area contributed by atoms with Crippen LogP contribution in [0.15, 0.2) is 30.3 Å².